The van der Waals surface area contributed by atoms with Crippen LogP contribution in [0.5, 0.6) is 0 Å². The average molecular weight is 420 g/mol. The maximum atomic E-state index is 13.2. The van der Waals surface area contributed by atoms with Crippen molar-refractivity contribution in [1.29, 1.82) is 0 Å². The van der Waals surface area contributed by atoms with E-state index in [0.29, 0.717) is 0 Å². The van der Waals surface area contributed by atoms with Gasteiger partial charge in [-0.3, -0.25) is 9.69 Å². The Labute approximate surface area is 175 Å². The number of carbonyl (C=O) groups is 1. The Morgan fingerprint density at radius 1 is 1.34 bits per heavy atom. The zero-order valence-electron chi connectivity index (χ0n) is 17.1. The number of nitrogens with one attached hydrogen (secondary N) is 1. The molecule has 8 nitrogen and oxygen atoms in total. The van der Waals surface area contributed by atoms with Crippen LogP contribution in [0, 0.1) is 6.92 Å². The maximum Gasteiger partial charge on any atom is 0.264 e. The number of methoxy groups -OCH3 is 1. The zero-order valence-corrected chi connectivity index (χ0v) is 18.0. The van der Waals surface area contributed by atoms with Gasteiger partial charge in [0.05, 0.1) is 23.0 Å². The van der Waals surface area contributed by atoms with E-state index >= 15 is 0 Å². The van der Waals surface area contributed by atoms with E-state index in [1.54, 1.807) is 13.4 Å². The third-order valence-electron chi connectivity index (χ3n) is 5.71. The number of thiophene rings is 1. The monoisotopic (exact) mass is 419 g/mol. The first kappa shape index (κ1) is 20.5. The molecule has 0 aliphatic carbocycles. The quantitative estimate of drug-likeness (QED) is 0.735. The normalized spacial score (nSPS) is 20.5. The van der Waals surface area contributed by atoms with Crippen molar-refractivity contribution in [2.24, 2.45) is 0 Å². The largest absolute Gasteiger partial charge is 0.383 e. The molecular weight excluding hydrogens is 390 g/mol. The van der Waals surface area contributed by atoms with Gasteiger partial charge in [-0.25, -0.2) is 9.97 Å². The van der Waals surface area contributed by atoms with Gasteiger partial charge >= 0.3 is 0 Å². The van der Waals surface area contributed by atoms with Crippen LogP contribution in [0.15, 0.2) is 6.33 Å². The molecule has 2 fully saturated rings. The Morgan fingerprint density at radius 2 is 2.17 bits per heavy atom. The molecule has 29 heavy (non-hydrogen) atoms. The first-order valence-corrected chi connectivity index (χ1v) is 11.1. The van der Waals surface area contributed by atoms with Crippen molar-refractivity contribution in [3.05, 3.63) is 16.8 Å². The van der Waals surface area contributed by atoms with Gasteiger partial charge in [0.15, 0.2) is 0 Å². The van der Waals surface area contributed by atoms with E-state index in [2.05, 4.69) is 20.2 Å². The predicted molar refractivity (Wildman–Crippen MR) is 114 cm³/mol. The Hall–Kier alpha value is -1.81. The summed E-state index contributed by atoms with van der Waals surface area (Å²) in [6.45, 7) is 8.45. The lowest BCUT2D eigenvalue weighted by Crippen LogP contribution is -2.49. The molecule has 2 aromatic heterocycles. The van der Waals surface area contributed by atoms with Gasteiger partial charge in [0.1, 0.15) is 17.0 Å². The summed E-state index contributed by atoms with van der Waals surface area (Å²) in [6.07, 6.45) is 3.98. The summed E-state index contributed by atoms with van der Waals surface area (Å²) >= 11 is 1.47. The number of rotatable bonds is 7. The van der Waals surface area contributed by atoms with Crippen molar-refractivity contribution in [2.75, 3.05) is 64.9 Å². The van der Waals surface area contributed by atoms with E-state index in [1.165, 1.54) is 11.3 Å². The Balaban J connectivity index is 1.47. The van der Waals surface area contributed by atoms with Gasteiger partial charge in [-0.2, -0.15) is 0 Å². The van der Waals surface area contributed by atoms with Crippen LogP contribution in [0.25, 0.3) is 10.2 Å². The minimum atomic E-state index is 0.0990. The fourth-order valence-electron chi connectivity index (χ4n) is 3.96. The highest BCUT2D eigenvalue weighted by Gasteiger charge is 2.26. The highest BCUT2D eigenvalue weighted by molar-refractivity contribution is 7.20. The molecular formula is C20H29N5O3S. The molecule has 4 rings (SSSR count). The van der Waals surface area contributed by atoms with Crippen molar-refractivity contribution in [1.82, 2.24) is 19.8 Å². The lowest BCUT2D eigenvalue weighted by molar-refractivity contribution is 0.0598. The molecule has 158 valence electrons. The summed E-state index contributed by atoms with van der Waals surface area (Å²) in [6, 6.07) is 0. The van der Waals surface area contributed by atoms with Gasteiger partial charge in [0.2, 0.25) is 0 Å². The number of aromatic nitrogens is 2. The lowest BCUT2D eigenvalue weighted by atomic mass is 10.1. The third-order valence-corrected chi connectivity index (χ3v) is 6.90. The number of piperazine rings is 1. The highest BCUT2D eigenvalue weighted by Crippen LogP contribution is 2.34. The van der Waals surface area contributed by atoms with Gasteiger partial charge in [-0.1, -0.05) is 0 Å². The van der Waals surface area contributed by atoms with Crippen LogP contribution in [-0.4, -0.2) is 91.4 Å². The van der Waals surface area contributed by atoms with Crippen molar-refractivity contribution >= 4 is 33.3 Å². The number of ether oxygens (including phenoxy) is 2. The molecule has 2 aliphatic rings. The van der Waals surface area contributed by atoms with Gasteiger partial charge in [-0.15, -0.1) is 11.3 Å². The molecule has 1 amide bonds. The number of amides is 1. The van der Waals surface area contributed by atoms with Crippen molar-refractivity contribution in [2.45, 2.75) is 25.9 Å². The minimum absolute atomic E-state index is 0.0990. The Kier molecular flexibility index (Phi) is 6.59. The fourth-order valence-corrected chi connectivity index (χ4v) is 5.08. The van der Waals surface area contributed by atoms with Crippen molar-refractivity contribution in [3.63, 3.8) is 0 Å². The first-order chi connectivity index (χ1) is 14.2. The molecule has 2 saturated heterocycles. The molecule has 0 bridgehead atoms. The topological polar surface area (TPSA) is 79.8 Å². The second-order valence-electron chi connectivity index (χ2n) is 7.60. The summed E-state index contributed by atoms with van der Waals surface area (Å²) in [5.41, 5.74) is 0.965. The van der Waals surface area contributed by atoms with Crippen LogP contribution in [0.1, 0.15) is 28.1 Å². The number of aryl methyl sites for hydroxylation is 1. The molecule has 1 unspecified atom stereocenters. The van der Waals surface area contributed by atoms with Crippen molar-refractivity contribution in [3.8, 4) is 0 Å². The van der Waals surface area contributed by atoms with Crippen LogP contribution >= 0.6 is 11.3 Å². The smallest absolute Gasteiger partial charge is 0.264 e. The van der Waals surface area contributed by atoms with E-state index in [-0.39, 0.29) is 12.0 Å². The van der Waals surface area contributed by atoms with Gasteiger partial charge in [0.25, 0.3) is 5.91 Å². The fraction of sp³-hybridized carbons (Fsp3) is 0.650. The number of carbonyl (C=O) groups excluding carboxylic acids is 1. The zero-order chi connectivity index (χ0) is 20.2. The second-order valence-corrected chi connectivity index (χ2v) is 8.60. The van der Waals surface area contributed by atoms with E-state index in [1.807, 2.05) is 11.8 Å². The molecule has 2 aromatic rings. The van der Waals surface area contributed by atoms with Crippen LogP contribution in [0.3, 0.4) is 0 Å². The van der Waals surface area contributed by atoms with Crippen molar-refractivity contribution < 1.29 is 14.3 Å². The summed E-state index contributed by atoms with van der Waals surface area (Å²) in [7, 11) is 1.72. The molecule has 0 radical (unpaired) electrons. The maximum absolute atomic E-state index is 13.2. The minimum Gasteiger partial charge on any atom is -0.383 e. The Bertz CT molecular complexity index is 844. The van der Waals surface area contributed by atoms with E-state index in [0.717, 1.165) is 91.8 Å². The molecule has 2 aliphatic heterocycles. The number of fused-ring (bicyclic) bond motifs is 1. The SMILES string of the molecule is COCCN1CCN(C(=O)c2sc3ncnc(NCC4CCCO4)c3c2C)CC1. The number of hydrogen-bond acceptors (Lipinski definition) is 8. The van der Waals surface area contributed by atoms with E-state index in [4.69, 9.17) is 9.47 Å². The lowest BCUT2D eigenvalue weighted by Gasteiger charge is -2.34. The number of anilines is 1. The molecule has 0 spiro atoms. The molecule has 0 aromatic carbocycles. The number of nitrogens with zero attached hydrogens (tertiary/aromatic N) is 4. The second kappa shape index (κ2) is 9.34. The first-order valence-electron chi connectivity index (χ1n) is 10.3. The van der Waals surface area contributed by atoms with Gasteiger partial charge < -0.3 is 19.7 Å². The van der Waals surface area contributed by atoms with E-state index in [9.17, 15) is 4.79 Å². The molecule has 1 N–H and O–H groups in total. The Morgan fingerprint density at radius 3 is 2.90 bits per heavy atom. The van der Waals surface area contributed by atoms with Crippen LogP contribution < -0.4 is 5.32 Å². The molecule has 1 atom stereocenters. The summed E-state index contributed by atoms with van der Waals surface area (Å²) in [4.78, 5) is 28.0. The van der Waals surface area contributed by atoms with E-state index < -0.39 is 0 Å². The summed E-state index contributed by atoms with van der Waals surface area (Å²) < 4.78 is 10.9. The average Bonchev–Trinajstić information content (AvgIpc) is 3.39. The van der Waals surface area contributed by atoms with Crippen LogP contribution in [0.2, 0.25) is 0 Å². The van der Waals surface area contributed by atoms with Crippen LogP contribution in [-0.2, 0) is 9.47 Å². The molecule has 4 heterocycles. The number of hydrogen-bond donors (Lipinski definition) is 1. The molecule has 0 saturated carbocycles. The molecule has 9 heteroatoms. The van der Waals surface area contributed by atoms with Crippen LogP contribution in [0.4, 0.5) is 5.82 Å². The predicted octanol–water partition coefficient (Wildman–Crippen LogP) is 1.99. The van der Waals surface area contributed by atoms with Gasteiger partial charge in [-0.05, 0) is 25.3 Å². The third kappa shape index (κ3) is 4.53. The standard InChI is InChI=1S/C20H29N5O3S/c1-14-16-18(21-12-15-4-3-10-28-15)22-13-23-19(16)29-17(14)20(26)25-7-5-24(6-8-25)9-11-27-2/h13,15H,3-12H2,1-2H3,(H,21,22,23). The highest BCUT2D eigenvalue weighted by atomic mass is 32.1. The van der Waals surface area contributed by atoms with Gasteiger partial charge in [0, 0.05) is 53.0 Å². The summed E-state index contributed by atoms with van der Waals surface area (Å²) in [5.74, 6) is 0.893. The summed E-state index contributed by atoms with van der Waals surface area (Å²) in [5, 5.41) is 4.37.